The van der Waals surface area contributed by atoms with E-state index in [4.69, 9.17) is 0 Å². The lowest BCUT2D eigenvalue weighted by atomic mass is 9.95. The van der Waals surface area contributed by atoms with Crippen molar-refractivity contribution in [2.45, 2.75) is 32.2 Å². The number of nitrogens with zero attached hydrogens (tertiary/aromatic N) is 1. The fraction of sp³-hybridized carbons (Fsp3) is 0.625. The van der Waals surface area contributed by atoms with E-state index in [9.17, 15) is 0 Å². The zero-order valence-corrected chi connectivity index (χ0v) is 13.5. The molecule has 19 heavy (non-hydrogen) atoms. The highest BCUT2D eigenvalue weighted by Crippen LogP contribution is 2.16. The lowest BCUT2D eigenvalue weighted by Gasteiger charge is -2.24. The molecular weight excluding hydrogens is 300 g/mol. The van der Waals surface area contributed by atoms with Gasteiger partial charge in [-0.2, -0.15) is 0 Å². The fourth-order valence-electron chi connectivity index (χ4n) is 2.80. The quantitative estimate of drug-likeness (QED) is 0.859. The lowest BCUT2D eigenvalue weighted by molar-refractivity contribution is 0.287. The van der Waals surface area contributed by atoms with Crippen molar-refractivity contribution in [3.63, 3.8) is 0 Å². The first kappa shape index (κ1) is 15.0. The SMILES string of the molecule is CN(CCCC1CCCNC1)Cc1ccc(Br)cc1. The van der Waals surface area contributed by atoms with Crippen LogP contribution in [0.25, 0.3) is 0 Å². The molecule has 1 saturated heterocycles. The minimum Gasteiger partial charge on any atom is -0.316 e. The van der Waals surface area contributed by atoms with Gasteiger partial charge < -0.3 is 10.2 Å². The van der Waals surface area contributed by atoms with Gasteiger partial charge in [0.05, 0.1) is 0 Å². The number of piperidine rings is 1. The van der Waals surface area contributed by atoms with E-state index in [-0.39, 0.29) is 0 Å². The average molecular weight is 325 g/mol. The van der Waals surface area contributed by atoms with Crippen molar-refractivity contribution in [2.24, 2.45) is 5.92 Å². The van der Waals surface area contributed by atoms with Gasteiger partial charge in [0.2, 0.25) is 0 Å². The van der Waals surface area contributed by atoms with Crippen molar-refractivity contribution in [3.8, 4) is 0 Å². The maximum Gasteiger partial charge on any atom is 0.0230 e. The van der Waals surface area contributed by atoms with Gasteiger partial charge in [-0.15, -0.1) is 0 Å². The highest BCUT2D eigenvalue weighted by atomic mass is 79.9. The molecule has 1 unspecified atom stereocenters. The minimum atomic E-state index is 0.912. The minimum absolute atomic E-state index is 0.912. The number of benzene rings is 1. The summed E-state index contributed by atoms with van der Waals surface area (Å²) in [6.45, 7) is 4.71. The molecule has 1 heterocycles. The molecule has 1 atom stereocenters. The van der Waals surface area contributed by atoms with Gasteiger partial charge in [-0.25, -0.2) is 0 Å². The third-order valence-electron chi connectivity index (χ3n) is 3.92. The number of rotatable bonds is 6. The molecule has 1 aliphatic rings. The fourth-order valence-corrected chi connectivity index (χ4v) is 3.07. The van der Waals surface area contributed by atoms with Crippen LogP contribution in [-0.4, -0.2) is 31.6 Å². The Morgan fingerprint density at radius 3 is 2.79 bits per heavy atom. The predicted octanol–water partition coefficient (Wildman–Crippen LogP) is 3.66. The van der Waals surface area contributed by atoms with Gasteiger partial charge in [-0.05, 0) is 76.0 Å². The summed E-state index contributed by atoms with van der Waals surface area (Å²) in [5.41, 5.74) is 1.39. The highest BCUT2D eigenvalue weighted by Gasteiger charge is 2.12. The van der Waals surface area contributed by atoms with Crippen molar-refractivity contribution in [1.82, 2.24) is 10.2 Å². The van der Waals surface area contributed by atoms with Gasteiger partial charge in [0.15, 0.2) is 0 Å². The maximum atomic E-state index is 3.50. The van der Waals surface area contributed by atoms with Gasteiger partial charge in [0, 0.05) is 11.0 Å². The van der Waals surface area contributed by atoms with Crippen LogP contribution in [0.3, 0.4) is 0 Å². The number of hydrogen-bond donors (Lipinski definition) is 1. The Morgan fingerprint density at radius 2 is 2.11 bits per heavy atom. The summed E-state index contributed by atoms with van der Waals surface area (Å²) in [5, 5.41) is 3.50. The van der Waals surface area contributed by atoms with Gasteiger partial charge in [-0.1, -0.05) is 28.1 Å². The van der Waals surface area contributed by atoms with E-state index < -0.39 is 0 Å². The number of hydrogen-bond acceptors (Lipinski definition) is 2. The third kappa shape index (κ3) is 5.64. The Bertz CT molecular complexity index is 358. The third-order valence-corrected chi connectivity index (χ3v) is 4.45. The summed E-state index contributed by atoms with van der Waals surface area (Å²) in [7, 11) is 2.22. The molecule has 1 fully saturated rings. The van der Waals surface area contributed by atoms with Crippen molar-refractivity contribution in [2.75, 3.05) is 26.7 Å². The Kier molecular flexibility index (Phi) is 6.35. The molecule has 3 heteroatoms. The van der Waals surface area contributed by atoms with Crippen molar-refractivity contribution in [1.29, 1.82) is 0 Å². The molecule has 0 bridgehead atoms. The summed E-state index contributed by atoms with van der Waals surface area (Å²) in [5.74, 6) is 0.912. The first-order chi connectivity index (χ1) is 9.24. The monoisotopic (exact) mass is 324 g/mol. The molecule has 0 aromatic heterocycles. The summed E-state index contributed by atoms with van der Waals surface area (Å²) in [6.07, 6.45) is 5.47. The predicted molar refractivity (Wildman–Crippen MR) is 85.3 cm³/mol. The zero-order chi connectivity index (χ0) is 13.5. The smallest absolute Gasteiger partial charge is 0.0230 e. The van der Waals surface area contributed by atoms with E-state index in [0.717, 1.165) is 16.9 Å². The largest absolute Gasteiger partial charge is 0.316 e. The molecule has 0 spiro atoms. The molecule has 0 aliphatic carbocycles. The van der Waals surface area contributed by atoms with Crippen LogP contribution in [0, 0.1) is 5.92 Å². The van der Waals surface area contributed by atoms with Crippen LogP contribution in [0.1, 0.15) is 31.2 Å². The van der Waals surface area contributed by atoms with Crippen LogP contribution >= 0.6 is 15.9 Å². The zero-order valence-electron chi connectivity index (χ0n) is 11.9. The van der Waals surface area contributed by atoms with Gasteiger partial charge in [-0.3, -0.25) is 0 Å². The van der Waals surface area contributed by atoms with Crippen LogP contribution in [-0.2, 0) is 6.54 Å². The number of halogens is 1. The molecule has 2 rings (SSSR count). The van der Waals surface area contributed by atoms with Crippen LogP contribution in [0.4, 0.5) is 0 Å². The van der Waals surface area contributed by atoms with E-state index >= 15 is 0 Å². The number of nitrogens with one attached hydrogen (secondary N) is 1. The normalized spacial score (nSPS) is 19.8. The first-order valence-electron chi connectivity index (χ1n) is 7.38. The standard InChI is InChI=1S/C16H25BrN2/c1-19(13-15-6-8-16(17)9-7-15)11-3-5-14-4-2-10-18-12-14/h6-9,14,18H,2-5,10-13H2,1H3. The van der Waals surface area contributed by atoms with Crippen LogP contribution in [0.5, 0.6) is 0 Å². The highest BCUT2D eigenvalue weighted by molar-refractivity contribution is 9.10. The van der Waals surface area contributed by atoms with Crippen LogP contribution in [0.15, 0.2) is 28.7 Å². The average Bonchev–Trinajstić information content (AvgIpc) is 2.43. The first-order valence-corrected chi connectivity index (χ1v) is 8.17. The van der Waals surface area contributed by atoms with E-state index in [1.165, 1.54) is 50.9 Å². The van der Waals surface area contributed by atoms with Gasteiger partial charge in [0.1, 0.15) is 0 Å². The van der Waals surface area contributed by atoms with E-state index in [2.05, 4.69) is 57.5 Å². The molecule has 0 amide bonds. The molecule has 106 valence electrons. The van der Waals surface area contributed by atoms with Gasteiger partial charge in [0.25, 0.3) is 0 Å². The van der Waals surface area contributed by atoms with Crippen molar-refractivity contribution in [3.05, 3.63) is 34.3 Å². The Labute approximate surface area is 125 Å². The van der Waals surface area contributed by atoms with Gasteiger partial charge >= 0.3 is 0 Å². The summed E-state index contributed by atoms with van der Waals surface area (Å²) in [4.78, 5) is 2.43. The summed E-state index contributed by atoms with van der Waals surface area (Å²) in [6, 6.07) is 8.64. The lowest BCUT2D eigenvalue weighted by Crippen LogP contribution is -2.30. The molecule has 0 radical (unpaired) electrons. The van der Waals surface area contributed by atoms with Crippen LogP contribution in [0.2, 0.25) is 0 Å². The molecule has 1 aromatic carbocycles. The molecular formula is C16H25BrN2. The molecule has 0 saturated carbocycles. The summed E-state index contributed by atoms with van der Waals surface area (Å²) < 4.78 is 1.16. The molecule has 1 aliphatic heterocycles. The van der Waals surface area contributed by atoms with E-state index in [1.807, 2.05) is 0 Å². The molecule has 2 nitrogen and oxygen atoms in total. The second-order valence-corrected chi connectivity index (χ2v) is 6.63. The van der Waals surface area contributed by atoms with E-state index in [1.54, 1.807) is 0 Å². The van der Waals surface area contributed by atoms with Crippen LogP contribution < -0.4 is 5.32 Å². The second kappa shape index (κ2) is 8.03. The second-order valence-electron chi connectivity index (χ2n) is 5.72. The topological polar surface area (TPSA) is 15.3 Å². The van der Waals surface area contributed by atoms with Crippen molar-refractivity contribution >= 4 is 15.9 Å². The van der Waals surface area contributed by atoms with Crippen molar-refractivity contribution < 1.29 is 0 Å². The Hall–Kier alpha value is -0.380. The maximum absolute atomic E-state index is 3.50. The molecule has 1 aromatic rings. The van der Waals surface area contributed by atoms with E-state index in [0.29, 0.717) is 0 Å². The Morgan fingerprint density at radius 1 is 1.32 bits per heavy atom. The Balaban J connectivity index is 1.63. The molecule has 1 N–H and O–H groups in total. The summed E-state index contributed by atoms with van der Waals surface area (Å²) >= 11 is 3.48.